The first-order valence-electron chi connectivity index (χ1n) is 14.5. The van der Waals surface area contributed by atoms with E-state index < -0.39 is 17.9 Å². The average molecular weight is 432 g/mol. The van der Waals surface area contributed by atoms with Gasteiger partial charge in [-0.2, -0.15) is 0 Å². The number of aliphatic hydroxyl groups excluding tert-OH is 1. The third-order valence-corrected chi connectivity index (χ3v) is 9.05. The fraction of sp³-hybridized carbons (Fsp3) is 0.793. The highest BCUT2D eigenvalue weighted by Crippen LogP contribution is 2.60. The summed E-state index contributed by atoms with van der Waals surface area (Å²) in [5.41, 5.74) is 2.31. The van der Waals surface area contributed by atoms with Crippen molar-refractivity contribution in [3.8, 4) is 0 Å². The quantitative estimate of drug-likeness (QED) is 0.417. The van der Waals surface area contributed by atoms with Crippen molar-refractivity contribution in [1.29, 1.82) is 0 Å². The Kier molecular flexibility index (Phi) is 6.94. The van der Waals surface area contributed by atoms with Gasteiger partial charge in [0.15, 0.2) is 0 Å². The molecule has 0 aliphatic heterocycles. The Bertz CT molecular complexity index is 777. The van der Waals surface area contributed by atoms with Crippen molar-refractivity contribution in [1.82, 2.24) is 0 Å². The molecule has 0 saturated heterocycles. The maximum Gasteiger partial charge on any atom is 0.0642 e. The Balaban J connectivity index is 1.81. The summed E-state index contributed by atoms with van der Waals surface area (Å²) >= 11 is 0. The van der Waals surface area contributed by atoms with E-state index >= 15 is 0 Å². The van der Waals surface area contributed by atoms with E-state index in [9.17, 15) is 10.2 Å². The summed E-state index contributed by atoms with van der Waals surface area (Å²) in [4.78, 5) is 0. The van der Waals surface area contributed by atoms with Crippen LogP contribution < -0.4 is 0 Å². The lowest BCUT2D eigenvalue weighted by molar-refractivity contribution is 0.0178. The molecule has 5 atom stereocenters. The highest BCUT2D eigenvalue weighted by atomic mass is 16.3. The predicted octanol–water partition coefficient (Wildman–Crippen LogP) is 7.51. The summed E-state index contributed by atoms with van der Waals surface area (Å²) in [6.07, 6.45) is 15.2. The van der Waals surface area contributed by atoms with Crippen LogP contribution in [0.3, 0.4) is 0 Å². The summed E-state index contributed by atoms with van der Waals surface area (Å²) in [6, 6.07) is 0. The van der Waals surface area contributed by atoms with E-state index in [1.165, 1.54) is 5.57 Å². The zero-order valence-electron chi connectivity index (χ0n) is 23.3. The lowest BCUT2D eigenvalue weighted by atomic mass is 9.60. The minimum atomic E-state index is -1.97. The second-order valence-corrected chi connectivity index (χ2v) is 10.9. The SMILES string of the molecule is [2H]C([2H])([2H])[C@]12CCC/C(=C\C=C3\C[C@@H](O)CCC3=C)[C@@H]1CC[C@@H]2[C@@H](C)CCCC(O)(CC)CC. The smallest absolute Gasteiger partial charge is 0.0642 e. The van der Waals surface area contributed by atoms with Gasteiger partial charge in [-0.3, -0.25) is 0 Å². The first-order valence-corrected chi connectivity index (χ1v) is 13.0. The van der Waals surface area contributed by atoms with Crippen LogP contribution >= 0.6 is 0 Å². The molecule has 3 aliphatic rings. The normalized spacial score (nSPS) is 37.4. The maximum absolute atomic E-state index is 10.7. The van der Waals surface area contributed by atoms with E-state index in [0.29, 0.717) is 12.3 Å². The first-order chi connectivity index (χ1) is 16.0. The van der Waals surface area contributed by atoms with Crippen LogP contribution in [0.4, 0.5) is 0 Å². The summed E-state index contributed by atoms with van der Waals surface area (Å²) in [5.74, 6) is 0.654. The van der Waals surface area contributed by atoms with Gasteiger partial charge in [-0.15, -0.1) is 0 Å². The molecule has 2 heteroatoms. The van der Waals surface area contributed by atoms with Gasteiger partial charge < -0.3 is 10.2 Å². The Morgan fingerprint density at radius 1 is 1.23 bits per heavy atom. The second-order valence-electron chi connectivity index (χ2n) is 10.9. The van der Waals surface area contributed by atoms with Crippen molar-refractivity contribution in [2.24, 2.45) is 23.2 Å². The molecule has 3 rings (SSSR count). The first kappa shape index (κ1) is 20.7. The van der Waals surface area contributed by atoms with E-state index in [-0.39, 0.29) is 17.9 Å². The van der Waals surface area contributed by atoms with Gasteiger partial charge in [0.25, 0.3) is 0 Å². The number of rotatable bonds is 8. The fourth-order valence-corrected chi connectivity index (χ4v) is 6.70. The second kappa shape index (κ2) is 10.4. The van der Waals surface area contributed by atoms with Crippen LogP contribution in [0.5, 0.6) is 0 Å². The molecular formula is C29H48O2. The minimum absolute atomic E-state index is 0.114. The van der Waals surface area contributed by atoms with E-state index in [1.807, 2.05) is 13.8 Å². The maximum atomic E-state index is 10.7. The van der Waals surface area contributed by atoms with E-state index in [4.69, 9.17) is 4.11 Å². The van der Waals surface area contributed by atoms with Gasteiger partial charge in [0.05, 0.1) is 11.7 Å². The molecule has 0 radical (unpaired) electrons. The van der Waals surface area contributed by atoms with Crippen molar-refractivity contribution in [3.05, 3.63) is 35.5 Å². The molecular weight excluding hydrogens is 380 g/mol. The molecule has 0 heterocycles. The minimum Gasteiger partial charge on any atom is -0.393 e. The third kappa shape index (κ3) is 5.56. The number of fused-ring (bicyclic) bond motifs is 1. The van der Waals surface area contributed by atoms with Gasteiger partial charge in [-0.05, 0) is 99.4 Å². The van der Waals surface area contributed by atoms with Crippen molar-refractivity contribution >= 4 is 0 Å². The van der Waals surface area contributed by atoms with Gasteiger partial charge >= 0.3 is 0 Å². The summed E-state index contributed by atoms with van der Waals surface area (Å²) in [7, 11) is 0. The Labute approximate surface area is 196 Å². The molecule has 0 aromatic heterocycles. The van der Waals surface area contributed by atoms with E-state index in [2.05, 4.69) is 25.7 Å². The molecule has 3 aliphatic carbocycles. The predicted molar refractivity (Wildman–Crippen MR) is 132 cm³/mol. The molecule has 31 heavy (non-hydrogen) atoms. The summed E-state index contributed by atoms with van der Waals surface area (Å²) in [5, 5.41) is 20.8. The average Bonchev–Trinajstić information content (AvgIpc) is 3.21. The molecule has 0 amide bonds. The highest BCUT2D eigenvalue weighted by molar-refractivity contribution is 5.36. The fourth-order valence-electron chi connectivity index (χ4n) is 6.70. The third-order valence-electron chi connectivity index (χ3n) is 9.05. The molecule has 0 aromatic carbocycles. The Morgan fingerprint density at radius 3 is 2.71 bits per heavy atom. The van der Waals surface area contributed by atoms with Crippen LogP contribution in [0.15, 0.2) is 35.5 Å². The molecule has 0 unspecified atom stereocenters. The topological polar surface area (TPSA) is 40.5 Å². The Morgan fingerprint density at radius 2 is 2.00 bits per heavy atom. The zero-order valence-corrected chi connectivity index (χ0v) is 20.3. The highest BCUT2D eigenvalue weighted by Gasteiger charge is 2.50. The van der Waals surface area contributed by atoms with Gasteiger partial charge in [0.2, 0.25) is 0 Å². The molecule has 2 N–H and O–H groups in total. The number of hydrogen-bond donors (Lipinski definition) is 2. The van der Waals surface area contributed by atoms with Crippen molar-refractivity contribution in [3.63, 3.8) is 0 Å². The molecule has 3 saturated carbocycles. The molecule has 0 spiro atoms. The van der Waals surface area contributed by atoms with Crippen LogP contribution in [0, 0.1) is 23.2 Å². The van der Waals surface area contributed by atoms with Crippen molar-refractivity contribution < 1.29 is 14.3 Å². The van der Waals surface area contributed by atoms with E-state index in [0.717, 1.165) is 88.2 Å². The van der Waals surface area contributed by atoms with Crippen LogP contribution in [0.1, 0.15) is 115 Å². The molecule has 2 nitrogen and oxygen atoms in total. The van der Waals surface area contributed by atoms with Crippen molar-refractivity contribution in [2.45, 2.75) is 123 Å². The number of aliphatic hydroxyl groups is 2. The molecule has 0 aromatic rings. The van der Waals surface area contributed by atoms with Crippen LogP contribution in [0.2, 0.25) is 0 Å². The van der Waals surface area contributed by atoms with Crippen LogP contribution in [-0.2, 0) is 0 Å². The number of hydrogen-bond acceptors (Lipinski definition) is 2. The lowest BCUT2D eigenvalue weighted by Crippen LogP contribution is -2.36. The monoisotopic (exact) mass is 431 g/mol. The summed E-state index contributed by atoms with van der Waals surface area (Å²) in [6.45, 7) is 8.57. The number of allylic oxidation sites excluding steroid dienone is 4. The van der Waals surface area contributed by atoms with Gasteiger partial charge in [-0.25, -0.2) is 0 Å². The van der Waals surface area contributed by atoms with Gasteiger partial charge in [0, 0.05) is 4.11 Å². The zero-order chi connectivity index (χ0) is 25.1. The lowest BCUT2D eigenvalue weighted by Gasteiger charge is -2.44. The summed E-state index contributed by atoms with van der Waals surface area (Å²) < 4.78 is 26.1. The largest absolute Gasteiger partial charge is 0.393 e. The molecule has 176 valence electrons. The van der Waals surface area contributed by atoms with Gasteiger partial charge in [0.1, 0.15) is 0 Å². The van der Waals surface area contributed by atoms with E-state index in [1.54, 1.807) is 0 Å². The Hall–Kier alpha value is -0.860. The van der Waals surface area contributed by atoms with Crippen LogP contribution in [-0.4, -0.2) is 21.9 Å². The molecule has 0 bridgehead atoms. The van der Waals surface area contributed by atoms with Crippen molar-refractivity contribution in [2.75, 3.05) is 0 Å². The standard InChI is InChI=1S/C29H48O2/c1-6-29(31,7-2)19-8-10-22(4)26-16-17-27-23(11-9-18-28(26,27)5)13-14-24-20-25(30)15-12-21(24)3/h13-14,22,25-27,30-31H,3,6-12,15-20H2,1-2,4-5H3/b23-13+,24-14-/t22-,25-,26+,27-,28+/m0/s1/i5D3. The van der Waals surface area contributed by atoms with Gasteiger partial charge in [-0.1, -0.05) is 70.3 Å². The van der Waals surface area contributed by atoms with Crippen LogP contribution in [0.25, 0.3) is 0 Å². The molecule has 3 fully saturated rings.